The average molecular weight is 316 g/mol. The van der Waals surface area contributed by atoms with Crippen molar-refractivity contribution in [1.29, 1.82) is 0 Å². The summed E-state index contributed by atoms with van der Waals surface area (Å²) in [5, 5.41) is 9.24. The summed E-state index contributed by atoms with van der Waals surface area (Å²) < 4.78 is 0. The van der Waals surface area contributed by atoms with Crippen LogP contribution in [0.15, 0.2) is 30.3 Å². The Bertz CT molecular complexity index is 578. The van der Waals surface area contributed by atoms with Crippen molar-refractivity contribution in [1.82, 2.24) is 4.90 Å². The molecule has 1 N–H and O–H groups in total. The molecule has 1 aromatic carbocycles. The number of hydrogen-bond acceptors (Lipinski definition) is 3. The van der Waals surface area contributed by atoms with Crippen LogP contribution in [0.3, 0.4) is 0 Å². The minimum Gasteiger partial charge on any atom is -0.393 e. The standard InChI is InChI=1S/C18H24N2O3/c1-14(21)11-13-19(2)17(22)10-7-15-5-8-16(9-6-15)20-12-3-4-18(20)23/h5-10,14,21H,3-4,11-13H2,1-2H3/b10-7+. The number of likely N-dealkylation sites (N-methyl/N-ethyl adjacent to an activating group) is 1. The van der Waals surface area contributed by atoms with E-state index in [0.29, 0.717) is 19.4 Å². The van der Waals surface area contributed by atoms with Crippen molar-refractivity contribution in [2.24, 2.45) is 0 Å². The molecule has 1 aromatic rings. The van der Waals surface area contributed by atoms with Crippen LogP contribution in [0.25, 0.3) is 6.08 Å². The third-order valence-electron chi connectivity index (χ3n) is 3.96. The fourth-order valence-corrected chi connectivity index (χ4v) is 2.47. The maximum absolute atomic E-state index is 12.0. The molecule has 23 heavy (non-hydrogen) atoms. The maximum atomic E-state index is 12.0. The van der Waals surface area contributed by atoms with E-state index in [9.17, 15) is 14.7 Å². The molecule has 1 atom stereocenters. The minimum atomic E-state index is -0.407. The van der Waals surface area contributed by atoms with Gasteiger partial charge in [0.2, 0.25) is 11.8 Å². The molecule has 0 saturated carbocycles. The van der Waals surface area contributed by atoms with Crippen LogP contribution >= 0.6 is 0 Å². The van der Waals surface area contributed by atoms with Gasteiger partial charge in [0.05, 0.1) is 6.10 Å². The first-order chi connectivity index (χ1) is 11.0. The number of benzene rings is 1. The van der Waals surface area contributed by atoms with E-state index >= 15 is 0 Å². The molecule has 0 spiro atoms. The molecule has 0 radical (unpaired) electrons. The molecule has 2 rings (SSSR count). The molecular formula is C18H24N2O3. The van der Waals surface area contributed by atoms with Gasteiger partial charge in [-0.2, -0.15) is 0 Å². The highest BCUT2D eigenvalue weighted by Crippen LogP contribution is 2.21. The first kappa shape index (κ1) is 17.2. The van der Waals surface area contributed by atoms with E-state index in [0.717, 1.165) is 24.2 Å². The summed E-state index contributed by atoms with van der Waals surface area (Å²) in [6, 6.07) is 7.62. The highest BCUT2D eigenvalue weighted by molar-refractivity contribution is 5.95. The second-order valence-corrected chi connectivity index (χ2v) is 5.97. The Balaban J connectivity index is 1.92. The zero-order chi connectivity index (χ0) is 16.8. The molecule has 1 unspecified atom stereocenters. The molecule has 5 heteroatoms. The molecular weight excluding hydrogens is 292 g/mol. The third kappa shape index (κ3) is 4.93. The Labute approximate surface area is 137 Å². The number of carbonyl (C=O) groups is 2. The second-order valence-electron chi connectivity index (χ2n) is 5.97. The average Bonchev–Trinajstić information content (AvgIpc) is 2.96. The van der Waals surface area contributed by atoms with Crippen LogP contribution in [0.5, 0.6) is 0 Å². The molecule has 0 aromatic heterocycles. The molecule has 0 bridgehead atoms. The van der Waals surface area contributed by atoms with Gasteiger partial charge in [0.1, 0.15) is 0 Å². The lowest BCUT2D eigenvalue weighted by atomic mass is 10.2. The Morgan fingerprint density at radius 2 is 2.09 bits per heavy atom. The van der Waals surface area contributed by atoms with Crippen LogP contribution < -0.4 is 4.90 Å². The summed E-state index contributed by atoms with van der Waals surface area (Å²) in [5.41, 5.74) is 1.82. The second kappa shape index (κ2) is 7.92. The van der Waals surface area contributed by atoms with Gasteiger partial charge in [-0.15, -0.1) is 0 Å². The van der Waals surface area contributed by atoms with Crippen LogP contribution in [-0.4, -0.2) is 48.1 Å². The van der Waals surface area contributed by atoms with Crippen molar-refractivity contribution in [3.8, 4) is 0 Å². The molecule has 0 aliphatic carbocycles. The molecule has 1 aliphatic rings. The van der Waals surface area contributed by atoms with Gasteiger partial charge in [0.15, 0.2) is 0 Å². The van der Waals surface area contributed by atoms with E-state index < -0.39 is 6.10 Å². The van der Waals surface area contributed by atoms with E-state index in [1.165, 1.54) is 6.08 Å². The fourth-order valence-electron chi connectivity index (χ4n) is 2.47. The van der Waals surface area contributed by atoms with E-state index in [2.05, 4.69) is 0 Å². The van der Waals surface area contributed by atoms with E-state index in [-0.39, 0.29) is 11.8 Å². The summed E-state index contributed by atoms with van der Waals surface area (Å²) in [7, 11) is 1.72. The van der Waals surface area contributed by atoms with Gasteiger partial charge in [-0.3, -0.25) is 9.59 Å². The zero-order valence-corrected chi connectivity index (χ0v) is 13.7. The monoisotopic (exact) mass is 316 g/mol. The number of amides is 2. The van der Waals surface area contributed by atoms with Gasteiger partial charge < -0.3 is 14.9 Å². The Kier molecular flexibility index (Phi) is 5.93. The summed E-state index contributed by atoms with van der Waals surface area (Å²) >= 11 is 0. The van der Waals surface area contributed by atoms with Gasteiger partial charge in [-0.05, 0) is 43.5 Å². The highest BCUT2D eigenvalue weighted by Gasteiger charge is 2.21. The number of rotatable bonds is 6. The van der Waals surface area contributed by atoms with Crippen LogP contribution in [0.4, 0.5) is 5.69 Å². The largest absolute Gasteiger partial charge is 0.393 e. The lowest BCUT2D eigenvalue weighted by Crippen LogP contribution is -2.27. The first-order valence-corrected chi connectivity index (χ1v) is 7.99. The first-order valence-electron chi connectivity index (χ1n) is 7.99. The summed E-state index contributed by atoms with van der Waals surface area (Å²) in [5.74, 6) is 0.0765. The molecule has 1 fully saturated rings. The number of anilines is 1. The van der Waals surface area contributed by atoms with Gasteiger partial charge >= 0.3 is 0 Å². The molecule has 2 amide bonds. The molecule has 1 heterocycles. The van der Waals surface area contributed by atoms with Gasteiger partial charge in [-0.1, -0.05) is 12.1 Å². The summed E-state index contributed by atoms with van der Waals surface area (Å²) in [6.45, 7) is 3.01. The van der Waals surface area contributed by atoms with Crippen molar-refractivity contribution in [2.75, 3.05) is 25.0 Å². The lowest BCUT2D eigenvalue weighted by Gasteiger charge is -2.16. The van der Waals surface area contributed by atoms with Crippen molar-refractivity contribution in [3.05, 3.63) is 35.9 Å². The molecule has 1 aliphatic heterocycles. The minimum absolute atomic E-state index is 0.0931. The number of nitrogens with zero attached hydrogens (tertiary/aromatic N) is 2. The SMILES string of the molecule is CC(O)CCN(C)C(=O)/C=C/c1ccc(N2CCCC2=O)cc1. The van der Waals surface area contributed by atoms with Crippen molar-refractivity contribution in [3.63, 3.8) is 0 Å². The summed E-state index contributed by atoms with van der Waals surface area (Å²) in [4.78, 5) is 27.0. The predicted octanol–water partition coefficient (Wildman–Crippen LogP) is 2.06. The predicted molar refractivity (Wildman–Crippen MR) is 91.0 cm³/mol. The van der Waals surface area contributed by atoms with Crippen molar-refractivity contribution in [2.45, 2.75) is 32.3 Å². The maximum Gasteiger partial charge on any atom is 0.246 e. The van der Waals surface area contributed by atoms with Gasteiger partial charge in [0.25, 0.3) is 0 Å². The van der Waals surface area contributed by atoms with Crippen LogP contribution in [0.2, 0.25) is 0 Å². The van der Waals surface area contributed by atoms with E-state index in [1.54, 1.807) is 29.8 Å². The molecule has 1 saturated heterocycles. The zero-order valence-electron chi connectivity index (χ0n) is 13.7. The van der Waals surface area contributed by atoms with Crippen LogP contribution in [-0.2, 0) is 9.59 Å². The van der Waals surface area contributed by atoms with Crippen LogP contribution in [0, 0.1) is 0 Å². The molecule has 124 valence electrons. The Morgan fingerprint density at radius 1 is 1.39 bits per heavy atom. The fraction of sp³-hybridized carbons (Fsp3) is 0.444. The van der Waals surface area contributed by atoms with Gasteiger partial charge in [-0.25, -0.2) is 0 Å². The number of aliphatic hydroxyl groups is 1. The molecule has 5 nitrogen and oxygen atoms in total. The van der Waals surface area contributed by atoms with Crippen molar-refractivity contribution < 1.29 is 14.7 Å². The highest BCUT2D eigenvalue weighted by atomic mass is 16.3. The topological polar surface area (TPSA) is 60.9 Å². The number of hydrogen-bond donors (Lipinski definition) is 1. The quantitative estimate of drug-likeness (QED) is 0.817. The normalized spacial score (nSPS) is 16.1. The smallest absolute Gasteiger partial charge is 0.246 e. The number of carbonyl (C=O) groups excluding carboxylic acids is 2. The van der Waals surface area contributed by atoms with Crippen LogP contribution in [0.1, 0.15) is 31.7 Å². The van der Waals surface area contributed by atoms with E-state index in [4.69, 9.17) is 0 Å². The third-order valence-corrected chi connectivity index (χ3v) is 3.96. The number of aliphatic hydroxyl groups excluding tert-OH is 1. The lowest BCUT2D eigenvalue weighted by molar-refractivity contribution is -0.125. The van der Waals surface area contributed by atoms with Crippen molar-refractivity contribution >= 4 is 23.6 Å². The summed E-state index contributed by atoms with van der Waals surface area (Å²) in [6.07, 6.45) is 4.97. The Hall–Kier alpha value is -2.14. The van der Waals surface area contributed by atoms with Gasteiger partial charge in [0, 0.05) is 38.3 Å². The Morgan fingerprint density at radius 3 is 2.65 bits per heavy atom. The van der Waals surface area contributed by atoms with E-state index in [1.807, 2.05) is 24.3 Å².